The molecule has 0 aromatic heterocycles. The van der Waals surface area contributed by atoms with Crippen LogP contribution in [0.3, 0.4) is 0 Å². The summed E-state index contributed by atoms with van der Waals surface area (Å²) in [6.07, 6.45) is 1.46. The highest BCUT2D eigenvalue weighted by Gasteiger charge is 2.26. The van der Waals surface area contributed by atoms with E-state index < -0.39 is 11.8 Å². The van der Waals surface area contributed by atoms with Gasteiger partial charge in [0.2, 0.25) is 0 Å². The molecule has 2 N–H and O–H groups in total. The minimum atomic E-state index is -0.552. The third kappa shape index (κ3) is 4.40. The molecule has 8 heteroatoms. The quantitative estimate of drug-likeness (QED) is 0.406. The number of ether oxygens (including phenoxy) is 2. The van der Waals surface area contributed by atoms with Crippen molar-refractivity contribution < 1.29 is 19.1 Å². The minimum absolute atomic E-state index is 0.00846. The van der Waals surface area contributed by atoms with Gasteiger partial charge in [0, 0.05) is 0 Å². The molecule has 0 bridgehead atoms. The van der Waals surface area contributed by atoms with E-state index in [2.05, 4.69) is 26.6 Å². The molecule has 1 aliphatic heterocycles. The van der Waals surface area contributed by atoms with E-state index in [9.17, 15) is 9.59 Å². The largest absolute Gasteiger partial charge is 0.493 e. The zero-order chi connectivity index (χ0) is 20.3. The van der Waals surface area contributed by atoms with Crippen molar-refractivity contribution in [1.82, 2.24) is 10.6 Å². The summed E-state index contributed by atoms with van der Waals surface area (Å²) in [7, 11) is 1.53. The van der Waals surface area contributed by atoms with Crippen LogP contribution >= 0.6 is 28.1 Å². The molecule has 1 aliphatic rings. The van der Waals surface area contributed by atoms with Gasteiger partial charge in [0.15, 0.2) is 16.6 Å². The zero-order valence-electron chi connectivity index (χ0n) is 15.2. The molecule has 2 aromatic carbocycles. The molecule has 0 spiro atoms. The second-order valence-corrected chi connectivity index (χ2v) is 7.31. The predicted molar refractivity (Wildman–Crippen MR) is 113 cm³/mol. The Balaban J connectivity index is 1.88. The standard InChI is InChI=1S/C20H17BrN2O4S/c1-11-5-3-4-6-13(11)10-27-17-15(21)8-12(9-16(17)26-2)7-14-18(24)22-20(28)23-19(14)25/h3-9H,10H2,1-2H3,(H2,22,23,24,25,28). The van der Waals surface area contributed by atoms with Crippen molar-refractivity contribution in [1.29, 1.82) is 0 Å². The number of nitrogens with one attached hydrogen (secondary N) is 2. The molecule has 144 valence electrons. The van der Waals surface area contributed by atoms with Crippen LogP contribution in [0.4, 0.5) is 0 Å². The SMILES string of the molecule is COc1cc(C=C2C(=O)NC(=S)NC2=O)cc(Br)c1OCc1ccccc1C. The Morgan fingerprint density at radius 3 is 2.46 bits per heavy atom. The van der Waals surface area contributed by atoms with Gasteiger partial charge in [-0.1, -0.05) is 24.3 Å². The van der Waals surface area contributed by atoms with Crippen molar-refractivity contribution >= 4 is 51.2 Å². The van der Waals surface area contributed by atoms with Gasteiger partial charge in [-0.2, -0.15) is 0 Å². The van der Waals surface area contributed by atoms with Crippen molar-refractivity contribution in [3.05, 3.63) is 63.1 Å². The number of hydrogen-bond donors (Lipinski definition) is 2. The lowest BCUT2D eigenvalue weighted by atomic mass is 10.1. The second kappa shape index (κ2) is 8.53. The van der Waals surface area contributed by atoms with E-state index in [1.54, 1.807) is 12.1 Å². The first kappa shape index (κ1) is 20.0. The fourth-order valence-electron chi connectivity index (χ4n) is 2.66. The van der Waals surface area contributed by atoms with E-state index in [4.69, 9.17) is 21.7 Å². The molecule has 3 rings (SSSR count). The van der Waals surface area contributed by atoms with Crippen LogP contribution < -0.4 is 20.1 Å². The molecule has 28 heavy (non-hydrogen) atoms. The first-order chi connectivity index (χ1) is 13.4. The van der Waals surface area contributed by atoms with Crippen molar-refractivity contribution in [3.63, 3.8) is 0 Å². The van der Waals surface area contributed by atoms with Crippen molar-refractivity contribution in [2.24, 2.45) is 0 Å². The highest BCUT2D eigenvalue weighted by atomic mass is 79.9. The fraction of sp³-hybridized carbons (Fsp3) is 0.150. The first-order valence-corrected chi connectivity index (χ1v) is 9.52. The number of amides is 2. The summed E-state index contributed by atoms with van der Waals surface area (Å²) in [5.74, 6) is -0.0963. The molecular weight excluding hydrogens is 444 g/mol. The van der Waals surface area contributed by atoms with E-state index in [-0.39, 0.29) is 10.7 Å². The Kier molecular flexibility index (Phi) is 6.11. The van der Waals surface area contributed by atoms with E-state index in [0.29, 0.717) is 28.1 Å². The first-order valence-electron chi connectivity index (χ1n) is 8.32. The number of benzene rings is 2. The fourth-order valence-corrected chi connectivity index (χ4v) is 3.42. The average molecular weight is 461 g/mol. The Morgan fingerprint density at radius 2 is 1.82 bits per heavy atom. The predicted octanol–water partition coefficient (Wildman–Crippen LogP) is 3.26. The number of thiocarbonyl (C=S) groups is 1. The van der Waals surface area contributed by atoms with Gasteiger partial charge < -0.3 is 9.47 Å². The van der Waals surface area contributed by atoms with Gasteiger partial charge in [-0.3, -0.25) is 20.2 Å². The Bertz CT molecular complexity index is 982. The highest BCUT2D eigenvalue weighted by Crippen LogP contribution is 2.38. The van der Waals surface area contributed by atoms with Gasteiger partial charge >= 0.3 is 0 Å². The molecule has 0 atom stereocenters. The number of aryl methyl sites for hydroxylation is 1. The van der Waals surface area contributed by atoms with Crippen molar-refractivity contribution in [2.75, 3.05) is 7.11 Å². The minimum Gasteiger partial charge on any atom is -0.493 e. The number of carbonyl (C=O) groups is 2. The summed E-state index contributed by atoms with van der Waals surface area (Å²) in [4.78, 5) is 24.0. The van der Waals surface area contributed by atoms with Gasteiger partial charge in [0.05, 0.1) is 11.6 Å². The molecule has 2 aromatic rings. The lowest BCUT2D eigenvalue weighted by Crippen LogP contribution is -2.51. The smallest absolute Gasteiger partial charge is 0.263 e. The summed E-state index contributed by atoms with van der Waals surface area (Å²) < 4.78 is 12.0. The van der Waals surface area contributed by atoms with Crippen molar-refractivity contribution in [3.8, 4) is 11.5 Å². The molecule has 0 aliphatic carbocycles. The Labute approximate surface area is 176 Å². The van der Waals surface area contributed by atoms with Crippen molar-refractivity contribution in [2.45, 2.75) is 13.5 Å². The van der Waals surface area contributed by atoms with E-state index in [1.165, 1.54) is 13.2 Å². The van der Waals surface area contributed by atoms with Crippen LogP contribution in [0.1, 0.15) is 16.7 Å². The van der Waals surface area contributed by atoms with Crippen LogP contribution in [0.2, 0.25) is 0 Å². The average Bonchev–Trinajstić information content (AvgIpc) is 2.64. The van der Waals surface area contributed by atoms with E-state index >= 15 is 0 Å². The zero-order valence-corrected chi connectivity index (χ0v) is 17.6. The van der Waals surface area contributed by atoms with Crippen LogP contribution in [-0.2, 0) is 16.2 Å². The number of hydrogen-bond acceptors (Lipinski definition) is 5. The molecule has 1 saturated heterocycles. The van der Waals surface area contributed by atoms with Crippen LogP contribution in [0.25, 0.3) is 6.08 Å². The van der Waals surface area contributed by atoms with E-state index in [1.807, 2.05) is 31.2 Å². The molecule has 6 nitrogen and oxygen atoms in total. The summed E-state index contributed by atoms with van der Waals surface area (Å²) in [6, 6.07) is 11.4. The van der Waals surface area contributed by atoms with Crippen LogP contribution in [0.15, 0.2) is 46.4 Å². The Morgan fingerprint density at radius 1 is 1.14 bits per heavy atom. The monoisotopic (exact) mass is 460 g/mol. The summed E-state index contributed by atoms with van der Waals surface area (Å²) in [6.45, 7) is 2.40. The molecule has 0 saturated carbocycles. The highest BCUT2D eigenvalue weighted by molar-refractivity contribution is 9.10. The maximum atomic E-state index is 12.0. The maximum Gasteiger partial charge on any atom is 0.263 e. The summed E-state index contributed by atoms with van der Waals surface area (Å²) in [5.41, 5.74) is 2.75. The third-order valence-corrected chi connectivity index (χ3v) is 4.93. The summed E-state index contributed by atoms with van der Waals surface area (Å²) in [5, 5.41) is 4.80. The Hall–Kier alpha value is -2.71. The number of carbonyl (C=O) groups excluding carboxylic acids is 2. The molecule has 2 amide bonds. The van der Waals surface area contributed by atoms with Crippen LogP contribution in [0, 0.1) is 6.92 Å². The van der Waals surface area contributed by atoms with E-state index in [0.717, 1.165) is 11.1 Å². The van der Waals surface area contributed by atoms with Gasteiger partial charge in [0.25, 0.3) is 11.8 Å². The molecule has 0 unspecified atom stereocenters. The number of methoxy groups -OCH3 is 1. The molecule has 0 radical (unpaired) electrons. The van der Waals surface area contributed by atoms with Crippen LogP contribution in [-0.4, -0.2) is 24.0 Å². The molecular formula is C20H17BrN2O4S. The van der Waals surface area contributed by atoms with Gasteiger partial charge in [-0.25, -0.2) is 0 Å². The van der Waals surface area contributed by atoms with Gasteiger partial charge in [-0.15, -0.1) is 0 Å². The maximum absolute atomic E-state index is 12.0. The third-order valence-electron chi connectivity index (χ3n) is 4.14. The van der Waals surface area contributed by atoms with Gasteiger partial charge in [-0.05, 0) is 70.0 Å². The normalized spacial score (nSPS) is 13.7. The molecule has 1 fully saturated rings. The van der Waals surface area contributed by atoms with Gasteiger partial charge in [0.1, 0.15) is 12.2 Å². The number of rotatable bonds is 5. The number of halogens is 1. The second-order valence-electron chi connectivity index (χ2n) is 6.04. The molecule has 1 heterocycles. The topological polar surface area (TPSA) is 76.7 Å². The lowest BCUT2D eigenvalue weighted by Gasteiger charge is -2.17. The van der Waals surface area contributed by atoms with Crippen LogP contribution in [0.5, 0.6) is 11.5 Å². The lowest BCUT2D eigenvalue weighted by molar-refractivity contribution is -0.123. The summed E-state index contributed by atoms with van der Waals surface area (Å²) >= 11 is 8.28.